The number of urea groups is 1. The number of imide groups is 1. The Morgan fingerprint density at radius 3 is 2.48 bits per heavy atom. The van der Waals surface area contributed by atoms with Crippen LogP contribution in [0.4, 0.5) is 4.79 Å². The summed E-state index contributed by atoms with van der Waals surface area (Å²) < 4.78 is 5.49. The second kappa shape index (κ2) is 7.24. The summed E-state index contributed by atoms with van der Waals surface area (Å²) in [5, 5.41) is 13.4. The first-order chi connectivity index (χ1) is 13.8. The van der Waals surface area contributed by atoms with Gasteiger partial charge in [0.1, 0.15) is 5.92 Å². The van der Waals surface area contributed by atoms with Crippen molar-refractivity contribution in [3.8, 4) is 0 Å². The number of carbonyl (C=O) groups excluding carboxylic acids is 3. The van der Waals surface area contributed by atoms with E-state index in [4.69, 9.17) is 4.74 Å². The Hall–Kier alpha value is -2.77. The summed E-state index contributed by atoms with van der Waals surface area (Å²) in [4.78, 5) is 50.2. The summed E-state index contributed by atoms with van der Waals surface area (Å²) in [6.07, 6.45) is 2.16. The molecule has 10 heteroatoms. The summed E-state index contributed by atoms with van der Waals surface area (Å²) in [5.41, 5.74) is 0.630. The van der Waals surface area contributed by atoms with Crippen molar-refractivity contribution in [1.82, 2.24) is 15.5 Å². The van der Waals surface area contributed by atoms with Crippen LogP contribution in [0.5, 0.6) is 0 Å². The fourth-order valence-electron chi connectivity index (χ4n) is 4.02. The van der Waals surface area contributed by atoms with E-state index in [9.17, 15) is 24.3 Å². The summed E-state index contributed by atoms with van der Waals surface area (Å²) in [7, 11) is 2.39. The van der Waals surface area contributed by atoms with Crippen molar-refractivity contribution in [2.24, 2.45) is 11.8 Å². The smallest absolute Gasteiger partial charge is 0.325 e. The predicted molar refractivity (Wildman–Crippen MR) is 104 cm³/mol. The lowest BCUT2D eigenvalue weighted by Crippen LogP contribution is -2.45. The molecule has 152 valence electrons. The van der Waals surface area contributed by atoms with Crippen LogP contribution in [0.25, 0.3) is 0 Å². The normalized spacial score (nSPS) is 32.5. The molecular weight excluding hydrogens is 397 g/mol. The minimum atomic E-state index is -1.25. The van der Waals surface area contributed by atoms with E-state index >= 15 is 0 Å². The van der Waals surface area contributed by atoms with Crippen LogP contribution in [0.2, 0.25) is 0 Å². The molecule has 0 radical (unpaired) electrons. The standard InChI is InChI=1S/C19H20N3O6P/c23-15(13-11-6-7-12(28-11)14(13)16(24)25)20-8-9-22-17(26)19(29,21-18(22)27)10-4-2-1-3-5-10/h1-7,11-14H,8-9,29H2,(H,20,23)(H,21,27)(H,24,25). The minimum absolute atomic E-state index is 0.0114. The number of fused-ring (bicyclic) bond motifs is 2. The fourth-order valence-corrected chi connectivity index (χ4v) is 4.49. The summed E-state index contributed by atoms with van der Waals surface area (Å²) in [6.45, 7) is -0.0217. The van der Waals surface area contributed by atoms with Crippen LogP contribution in [0.1, 0.15) is 5.56 Å². The number of carboxylic acids is 1. The summed E-state index contributed by atoms with van der Waals surface area (Å²) in [6, 6.07) is 8.28. The SMILES string of the molecule is O=C(O)C1C2C=CC(O2)C1C(=O)NCCN1C(=O)NC(P)(c2ccccc2)C1=O. The van der Waals surface area contributed by atoms with Crippen molar-refractivity contribution < 1.29 is 29.0 Å². The van der Waals surface area contributed by atoms with Crippen molar-refractivity contribution in [2.45, 2.75) is 17.5 Å². The summed E-state index contributed by atoms with van der Waals surface area (Å²) >= 11 is 0. The first-order valence-corrected chi connectivity index (χ1v) is 9.73. The molecular formula is C19H20N3O6P. The zero-order valence-corrected chi connectivity index (χ0v) is 16.4. The van der Waals surface area contributed by atoms with Gasteiger partial charge in [-0.25, -0.2) is 4.79 Å². The van der Waals surface area contributed by atoms with Gasteiger partial charge in [0.05, 0.1) is 18.1 Å². The highest BCUT2D eigenvalue weighted by atomic mass is 31.0. The Labute approximate surface area is 168 Å². The Balaban J connectivity index is 1.38. The molecule has 3 heterocycles. The largest absolute Gasteiger partial charge is 0.481 e. The molecule has 2 fully saturated rings. The highest BCUT2D eigenvalue weighted by Crippen LogP contribution is 2.39. The molecule has 9 nitrogen and oxygen atoms in total. The van der Waals surface area contributed by atoms with Gasteiger partial charge < -0.3 is 20.5 Å². The zero-order chi connectivity index (χ0) is 20.8. The molecule has 3 aliphatic heterocycles. The van der Waals surface area contributed by atoms with Gasteiger partial charge in [0.2, 0.25) is 5.91 Å². The topological polar surface area (TPSA) is 125 Å². The maximum Gasteiger partial charge on any atom is 0.325 e. The third-order valence-corrected chi connectivity index (χ3v) is 6.21. The van der Waals surface area contributed by atoms with E-state index in [2.05, 4.69) is 19.9 Å². The number of benzene rings is 1. The predicted octanol–water partition coefficient (Wildman–Crippen LogP) is 0.0367. The highest BCUT2D eigenvalue weighted by molar-refractivity contribution is 7.20. The van der Waals surface area contributed by atoms with Crippen LogP contribution in [0.3, 0.4) is 0 Å². The van der Waals surface area contributed by atoms with Crippen molar-refractivity contribution in [1.29, 1.82) is 0 Å². The molecule has 0 saturated carbocycles. The lowest BCUT2D eigenvalue weighted by molar-refractivity contribution is -0.146. The first kappa shape index (κ1) is 19.5. The molecule has 1 aromatic carbocycles. The van der Waals surface area contributed by atoms with Crippen LogP contribution in [0.15, 0.2) is 42.5 Å². The maximum absolute atomic E-state index is 12.8. The van der Waals surface area contributed by atoms with Gasteiger partial charge in [0, 0.05) is 13.1 Å². The molecule has 0 aromatic heterocycles. The van der Waals surface area contributed by atoms with Gasteiger partial charge in [-0.15, -0.1) is 0 Å². The van der Waals surface area contributed by atoms with Crippen molar-refractivity contribution in [3.63, 3.8) is 0 Å². The molecule has 0 aliphatic carbocycles. The molecule has 1 aromatic rings. The average molecular weight is 417 g/mol. The van der Waals surface area contributed by atoms with Crippen LogP contribution in [-0.2, 0) is 24.4 Å². The molecule has 2 bridgehead atoms. The zero-order valence-electron chi connectivity index (χ0n) is 15.3. The monoisotopic (exact) mass is 417 g/mol. The second-order valence-corrected chi connectivity index (χ2v) is 8.06. The van der Waals surface area contributed by atoms with E-state index in [1.807, 2.05) is 6.07 Å². The van der Waals surface area contributed by atoms with E-state index in [1.54, 1.807) is 36.4 Å². The highest BCUT2D eigenvalue weighted by Gasteiger charge is 2.53. The summed E-state index contributed by atoms with van der Waals surface area (Å²) in [5.74, 6) is -3.79. The Morgan fingerprint density at radius 2 is 1.83 bits per heavy atom. The molecule has 2 saturated heterocycles. The molecule has 3 aliphatic rings. The molecule has 4 rings (SSSR count). The Kier molecular flexibility index (Phi) is 4.88. The van der Waals surface area contributed by atoms with Crippen LogP contribution in [0, 0.1) is 11.8 Å². The number of hydrogen-bond acceptors (Lipinski definition) is 5. The van der Waals surface area contributed by atoms with Gasteiger partial charge in [0.25, 0.3) is 5.91 Å². The van der Waals surface area contributed by atoms with Crippen molar-refractivity contribution in [3.05, 3.63) is 48.0 Å². The number of amides is 4. The van der Waals surface area contributed by atoms with Crippen LogP contribution in [-0.4, -0.2) is 59.1 Å². The van der Waals surface area contributed by atoms with Gasteiger partial charge in [0.15, 0.2) is 5.28 Å². The van der Waals surface area contributed by atoms with E-state index in [0.717, 1.165) is 4.90 Å². The number of carbonyl (C=O) groups is 4. The molecule has 6 atom stereocenters. The van der Waals surface area contributed by atoms with Crippen molar-refractivity contribution >= 4 is 33.1 Å². The number of rotatable bonds is 6. The lowest BCUT2D eigenvalue weighted by atomic mass is 9.82. The third-order valence-electron chi connectivity index (χ3n) is 5.48. The van der Waals surface area contributed by atoms with Crippen molar-refractivity contribution in [2.75, 3.05) is 13.1 Å². The lowest BCUT2D eigenvalue weighted by Gasteiger charge is -2.23. The second-order valence-electron chi connectivity index (χ2n) is 7.19. The van der Waals surface area contributed by atoms with Crippen LogP contribution < -0.4 is 10.6 Å². The maximum atomic E-state index is 12.8. The molecule has 29 heavy (non-hydrogen) atoms. The minimum Gasteiger partial charge on any atom is -0.481 e. The number of carboxylic acid groups (broad SMARTS) is 1. The van der Waals surface area contributed by atoms with E-state index in [-0.39, 0.29) is 13.1 Å². The van der Waals surface area contributed by atoms with Crippen LogP contribution >= 0.6 is 9.24 Å². The molecule has 0 spiro atoms. The van der Waals surface area contributed by atoms with Gasteiger partial charge in [-0.1, -0.05) is 51.7 Å². The molecule has 3 N–H and O–H groups in total. The first-order valence-electron chi connectivity index (χ1n) is 9.16. The molecule has 4 amide bonds. The van der Waals surface area contributed by atoms with E-state index in [0.29, 0.717) is 5.56 Å². The van der Waals surface area contributed by atoms with Gasteiger partial charge >= 0.3 is 12.0 Å². The third kappa shape index (κ3) is 3.20. The quantitative estimate of drug-likeness (QED) is 0.341. The number of ether oxygens (including phenoxy) is 1. The van der Waals surface area contributed by atoms with E-state index in [1.165, 1.54) is 0 Å². The van der Waals surface area contributed by atoms with E-state index < -0.39 is 53.1 Å². The number of nitrogens with zero attached hydrogens (tertiary/aromatic N) is 1. The van der Waals surface area contributed by atoms with Gasteiger partial charge in [-0.05, 0) is 5.56 Å². The Morgan fingerprint density at radius 1 is 1.17 bits per heavy atom. The van der Waals surface area contributed by atoms with Gasteiger partial charge in [-0.3, -0.25) is 19.3 Å². The van der Waals surface area contributed by atoms with Gasteiger partial charge in [-0.2, -0.15) is 0 Å². The number of hydrogen-bond donors (Lipinski definition) is 3. The fraction of sp³-hybridized carbons (Fsp3) is 0.368. The number of aliphatic carboxylic acids is 1. The molecule has 6 unspecified atom stereocenters. The number of nitrogens with one attached hydrogen (secondary N) is 2. The Bertz CT molecular complexity index is 906. The average Bonchev–Trinajstić information content (AvgIpc) is 3.37.